The van der Waals surface area contributed by atoms with Crippen LogP contribution in [0, 0.1) is 11.8 Å². The van der Waals surface area contributed by atoms with Crippen molar-refractivity contribution in [2.45, 2.75) is 31.4 Å². The van der Waals surface area contributed by atoms with E-state index in [2.05, 4.69) is 17.4 Å². The maximum Gasteiger partial charge on any atom is 0.0451 e. The molecule has 2 aliphatic rings. The Hall–Kier alpha value is -0.840. The summed E-state index contributed by atoms with van der Waals surface area (Å²) in [5, 5.41) is 10.1. The van der Waals surface area contributed by atoms with E-state index in [1.165, 1.54) is 5.57 Å². The van der Waals surface area contributed by atoms with Crippen molar-refractivity contribution in [3.63, 3.8) is 0 Å². The summed E-state index contributed by atoms with van der Waals surface area (Å²) in [4.78, 5) is 0. The Bertz CT molecular complexity index is 290. The fourth-order valence-electron chi connectivity index (χ4n) is 2.45. The summed E-state index contributed by atoms with van der Waals surface area (Å²) in [6, 6.07) is -0.364. The molecule has 4 atom stereocenters. The Labute approximate surface area is 96.6 Å². The van der Waals surface area contributed by atoms with E-state index in [-0.39, 0.29) is 12.0 Å². The van der Waals surface area contributed by atoms with Crippen LogP contribution in [-0.2, 0) is 0 Å². The van der Waals surface area contributed by atoms with Gasteiger partial charge in [-0.15, -0.1) is 12.6 Å². The second-order valence-corrected chi connectivity index (χ2v) is 4.62. The number of hydrogen-bond acceptors (Lipinski definition) is 3. The first-order valence-electron chi connectivity index (χ1n) is 5.94. The van der Waals surface area contributed by atoms with Crippen molar-refractivity contribution in [3.05, 3.63) is 30.2 Å². The van der Waals surface area contributed by atoms with Gasteiger partial charge in [-0.2, -0.15) is 0 Å². The van der Waals surface area contributed by atoms with E-state index in [1.807, 2.05) is 12.3 Å². The van der Waals surface area contributed by atoms with Gasteiger partial charge in [0.15, 0.2) is 0 Å². The third kappa shape index (κ3) is 2.29. The Morgan fingerprint density at radius 1 is 1.69 bits per heavy atom. The minimum Gasteiger partial charge on any atom is -0.673 e. The quantitative estimate of drug-likeness (QED) is 0.469. The monoisotopic (exact) mass is 222 g/mol. The smallest absolute Gasteiger partial charge is 0.0451 e. The van der Waals surface area contributed by atoms with Crippen molar-refractivity contribution in [1.82, 2.24) is 10.9 Å². The molecule has 0 aromatic heterocycles. The lowest BCUT2D eigenvalue weighted by atomic mass is 10.00. The SMILES string of the molecule is C=CCCCC([NH-])C(O)C1C2=CNNC[C@H]21. The van der Waals surface area contributed by atoms with Gasteiger partial charge >= 0.3 is 0 Å². The van der Waals surface area contributed by atoms with Crippen LogP contribution in [0.4, 0.5) is 0 Å². The van der Waals surface area contributed by atoms with E-state index < -0.39 is 6.10 Å². The highest BCUT2D eigenvalue weighted by Gasteiger charge is 2.49. The fraction of sp³-hybridized carbons (Fsp3) is 0.667. The van der Waals surface area contributed by atoms with Gasteiger partial charge in [-0.3, -0.25) is 0 Å². The second kappa shape index (κ2) is 4.99. The number of allylic oxidation sites excluding steroid dienone is 1. The van der Waals surface area contributed by atoms with Gasteiger partial charge in [-0.25, -0.2) is 5.43 Å². The maximum absolute atomic E-state index is 10.1. The van der Waals surface area contributed by atoms with E-state index in [4.69, 9.17) is 5.73 Å². The molecule has 2 rings (SSSR count). The van der Waals surface area contributed by atoms with Crippen molar-refractivity contribution in [2.24, 2.45) is 11.8 Å². The first-order valence-corrected chi connectivity index (χ1v) is 5.94. The lowest BCUT2D eigenvalue weighted by Gasteiger charge is -2.26. The number of aliphatic hydroxyl groups excluding tert-OH is 1. The number of nitrogens with one attached hydrogen (secondary N) is 3. The second-order valence-electron chi connectivity index (χ2n) is 4.62. The molecule has 0 amide bonds. The van der Waals surface area contributed by atoms with Gasteiger partial charge in [0.05, 0.1) is 0 Å². The molecule has 0 aromatic rings. The highest BCUT2D eigenvalue weighted by Crippen LogP contribution is 2.49. The van der Waals surface area contributed by atoms with Crippen molar-refractivity contribution >= 4 is 0 Å². The number of rotatable bonds is 6. The molecule has 4 nitrogen and oxygen atoms in total. The minimum atomic E-state index is -0.511. The van der Waals surface area contributed by atoms with Gasteiger partial charge < -0.3 is 16.3 Å². The third-order valence-corrected chi connectivity index (χ3v) is 3.50. The summed E-state index contributed by atoms with van der Waals surface area (Å²) >= 11 is 0. The molecule has 16 heavy (non-hydrogen) atoms. The Morgan fingerprint density at radius 3 is 3.12 bits per heavy atom. The van der Waals surface area contributed by atoms with Gasteiger partial charge in [0.2, 0.25) is 0 Å². The van der Waals surface area contributed by atoms with Crippen molar-refractivity contribution in [1.29, 1.82) is 0 Å². The van der Waals surface area contributed by atoms with E-state index in [9.17, 15) is 5.11 Å². The molecule has 0 spiro atoms. The molecule has 1 heterocycles. The highest BCUT2D eigenvalue weighted by molar-refractivity contribution is 5.33. The summed E-state index contributed by atoms with van der Waals surface area (Å²) in [7, 11) is 0. The standard InChI is InChI=1S/C12H20N3O/c1-2-3-4-5-10(13)12(16)11-8-6-14-15-7-9(8)11/h2,6,9-16H,1,3-5,7H2/q-1/t9-,10?,11?,12?/m1/s1. The molecule has 0 saturated heterocycles. The Morgan fingerprint density at radius 2 is 2.50 bits per heavy atom. The third-order valence-electron chi connectivity index (χ3n) is 3.50. The molecule has 0 radical (unpaired) electrons. The van der Waals surface area contributed by atoms with E-state index in [1.54, 1.807) is 0 Å². The van der Waals surface area contributed by atoms with Crippen molar-refractivity contribution in [2.75, 3.05) is 6.54 Å². The first kappa shape index (κ1) is 11.6. The van der Waals surface area contributed by atoms with Gasteiger partial charge in [0.1, 0.15) is 0 Å². The minimum absolute atomic E-state index is 0.203. The van der Waals surface area contributed by atoms with Crippen LogP contribution in [0.2, 0.25) is 0 Å². The average Bonchev–Trinajstić information content (AvgIpc) is 3.02. The lowest BCUT2D eigenvalue weighted by Crippen LogP contribution is -2.32. The van der Waals surface area contributed by atoms with Crippen LogP contribution >= 0.6 is 0 Å². The van der Waals surface area contributed by atoms with Gasteiger partial charge in [0, 0.05) is 30.7 Å². The van der Waals surface area contributed by atoms with E-state index in [0.29, 0.717) is 5.92 Å². The normalized spacial score (nSPS) is 30.8. The molecular weight excluding hydrogens is 202 g/mol. The predicted octanol–water partition coefficient (Wildman–Crippen LogP) is 1.36. The molecule has 1 aliphatic carbocycles. The number of unbranched alkanes of at least 4 members (excludes halogenated alkanes) is 1. The summed E-state index contributed by atoms with van der Waals surface area (Å²) in [5.74, 6) is 0.650. The number of fused-ring (bicyclic) bond motifs is 1. The molecule has 3 unspecified atom stereocenters. The van der Waals surface area contributed by atoms with E-state index >= 15 is 0 Å². The summed E-state index contributed by atoms with van der Waals surface area (Å²) < 4.78 is 0. The fourth-order valence-corrected chi connectivity index (χ4v) is 2.45. The highest BCUT2D eigenvalue weighted by atomic mass is 16.3. The molecule has 1 saturated carbocycles. The van der Waals surface area contributed by atoms with Gasteiger partial charge in [-0.05, 0) is 12.0 Å². The average molecular weight is 222 g/mol. The zero-order valence-electron chi connectivity index (χ0n) is 9.45. The maximum atomic E-state index is 10.1. The molecular formula is C12H20N3O-. The zero-order chi connectivity index (χ0) is 11.5. The Balaban J connectivity index is 1.79. The topological polar surface area (TPSA) is 68.1 Å². The number of hydrogen-bond donors (Lipinski definition) is 3. The number of aliphatic hydroxyl groups is 1. The van der Waals surface area contributed by atoms with Crippen LogP contribution in [0.15, 0.2) is 24.4 Å². The van der Waals surface area contributed by atoms with Crippen molar-refractivity contribution in [3.8, 4) is 0 Å². The summed E-state index contributed by atoms with van der Waals surface area (Å²) in [6.45, 7) is 4.53. The van der Waals surface area contributed by atoms with Gasteiger partial charge in [0.25, 0.3) is 0 Å². The summed E-state index contributed by atoms with van der Waals surface area (Å²) in [6.07, 6.45) is 5.92. The molecule has 0 aromatic carbocycles. The molecule has 90 valence electrons. The Kier molecular flexibility index (Phi) is 3.63. The molecule has 4 N–H and O–H groups in total. The van der Waals surface area contributed by atoms with Crippen LogP contribution in [0.5, 0.6) is 0 Å². The van der Waals surface area contributed by atoms with Crippen LogP contribution in [0.25, 0.3) is 5.73 Å². The molecule has 1 fully saturated rings. The number of hydrazine groups is 1. The molecule has 4 heteroatoms. The molecule has 0 bridgehead atoms. The largest absolute Gasteiger partial charge is 0.673 e. The molecule has 1 aliphatic heterocycles. The van der Waals surface area contributed by atoms with Crippen LogP contribution in [0.1, 0.15) is 19.3 Å². The lowest BCUT2D eigenvalue weighted by molar-refractivity contribution is 0.129. The van der Waals surface area contributed by atoms with Crippen molar-refractivity contribution < 1.29 is 5.11 Å². The zero-order valence-corrected chi connectivity index (χ0v) is 9.45. The van der Waals surface area contributed by atoms with E-state index in [0.717, 1.165) is 25.8 Å². The predicted molar refractivity (Wildman–Crippen MR) is 64.4 cm³/mol. The van der Waals surface area contributed by atoms with Gasteiger partial charge in [-0.1, -0.05) is 18.9 Å². The summed E-state index contributed by atoms with van der Waals surface area (Å²) in [5.41, 5.74) is 15.2. The van der Waals surface area contributed by atoms with Crippen LogP contribution < -0.4 is 10.9 Å². The van der Waals surface area contributed by atoms with Crippen LogP contribution in [0.3, 0.4) is 0 Å². The van der Waals surface area contributed by atoms with Crippen LogP contribution in [-0.4, -0.2) is 23.8 Å². The first-order chi connectivity index (χ1) is 7.75.